The van der Waals surface area contributed by atoms with Crippen LogP contribution in [0.2, 0.25) is 0 Å². The summed E-state index contributed by atoms with van der Waals surface area (Å²) in [4.78, 5) is 11.9. The Labute approximate surface area is 107 Å². The Morgan fingerprint density at radius 2 is 2.39 bits per heavy atom. The van der Waals surface area contributed by atoms with Crippen LogP contribution in [-0.2, 0) is 16.1 Å². The van der Waals surface area contributed by atoms with Crippen LogP contribution < -0.4 is 5.32 Å². The molecule has 2 rings (SSSR count). The lowest BCUT2D eigenvalue weighted by atomic mass is 10.1. The van der Waals surface area contributed by atoms with E-state index in [2.05, 4.69) is 5.32 Å². The monoisotopic (exact) mass is 249 g/mol. The van der Waals surface area contributed by atoms with Gasteiger partial charge in [-0.2, -0.15) is 0 Å². The number of aliphatic hydroxyl groups excluding tert-OH is 1. The number of hydrogen-bond donors (Lipinski definition) is 2. The van der Waals surface area contributed by atoms with Crippen molar-refractivity contribution in [3.8, 4) is 0 Å². The van der Waals surface area contributed by atoms with Crippen molar-refractivity contribution >= 4 is 11.6 Å². The van der Waals surface area contributed by atoms with Crippen LogP contribution in [0.3, 0.4) is 0 Å². The molecule has 0 saturated carbocycles. The van der Waals surface area contributed by atoms with Crippen molar-refractivity contribution in [2.24, 2.45) is 0 Å². The van der Waals surface area contributed by atoms with Crippen molar-refractivity contribution in [2.45, 2.75) is 38.9 Å². The van der Waals surface area contributed by atoms with Gasteiger partial charge in [0.2, 0.25) is 5.91 Å². The van der Waals surface area contributed by atoms with Crippen molar-refractivity contribution in [2.75, 3.05) is 11.9 Å². The molecule has 1 fully saturated rings. The normalized spacial score (nSPS) is 18.9. The van der Waals surface area contributed by atoms with E-state index >= 15 is 0 Å². The zero-order valence-corrected chi connectivity index (χ0v) is 10.6. The Morgan fingerprint density at radius 1 is 1.56 bits per heavy atom. The second-order valence-corrected chi connectivity index (χ2v) is 4.69. The first-order valence-electron chi connectivity index (χ1n) is 6.31. The molecule has 0 aromatic heterocycles. The van der Waals surface area contributed by atoms with Gasteiger partial charge in [-0.3, -0.25) is 4.79 Å². The van der Waals surface area contributed by atoms with E-state index in [1.165, 1.54) is 0 Å². The molecule has 1 atom stereocenters. The maximum absolute atomic E-state index is 11.9. The smallest absolute Gasteiger partial charge is 0.226 e. The minimum Gasteiger partial charge on any atom is -0.392 e. The summed E-state index contributed by atoms with van der Waals surface area (Å²) in [6, 6.07) is 5.56. The summed E-state index contributed by atoms with van der Waals surface area (Å²) in [7, 11) is 0. The average molecular weight is 249 g/mol. The van der Waals surface area contributed by atoms with E-state index < -0.39 is 0 Å². The van der Waals surface area contributed by atoms with Crippen molar-refractivity contribution in [1.29, 1.82) is 0 Å². The number of hydrogen-bond acceptors (Lipinski definition) is 3. The predicted octanol–water partition coefficient (Wildman–Crippen LogP) is 1.99. The SMILES string of the molecule is Cc1ccc(CO)cc1NC(=O)CC1CCCO1. The largest absolute Gasteiger partial charge is 0.392 e. The Bertz CT molecular complexity index is 425. The van der Waals surface area contributed by atoms with Gasteiger partial charge in [0.1, 0.15) is 0 Å². The van der Waals surface area contributed by atoms with Gasteiger partial charge in [0.15, 0.2) is 0 Å². The molecule has 18 heavy (non-hydrogen) atoms. The molecule has 0 radical (unpaired) electrons. The summed E-state index contributed by atoms with van der Waals surface area (Å²) < 4.78 is 5.44. The van der Waals surface area contributed by atoms with E-state index in [1.54, 1.807) is 0 Å². The van der Waals surface area contributed by atoms with Crippen LogP contribution in [0, 0.1) is 6.92 Å². The van der Waals surface area contributed by atoms with E-state index in [0.29, 0.717) is 6.42 Å². The van der Waals surface area contributed by atoms with E-state index in [9.17, 15) is 4.79 Å². The first kappa shape index (κ1) is 13.1. The third-order valence-corrected chi connectivity index (χ3v) is 3.20. The molecule has 1 aromatic rings. The van der Waals surface area contributed by atoms with E-state index in [0.717, 1.165) is 36.3 Å². The molecule has 0 bridgehead atoms. The summed E-state index contributed by atoms with van der Waals surface area (Å²) in [6.07, 6.45) is 2.47. The highest BCUT2D eigenvalue weighted by molar-refractivity contribution is 5.91. The second-order valence-electron chi connectivity index (χ2n) is 4.69. The number of aliphatic hydroxyl groups is 1. The molecule has 2 N–H and O–H groups in total. The number of carbonyl (C=O) groups excluding carboxylic acids is 1. The lowest BCUT2D eigenvalue weighted by molar-refractivity contribution is -0.118. The molecular weight excluding hydrogens is 230 g/mol. The Balaban J connectivity index is 1.97. The summed E-state index contributed by atoms with van der Waals surface area (Å²) in [5.41, 5.74) is 2.56. The second kappa shape index (κ2) is 5.98. The van der Waals surface area contributed by atoms with Crippen LogP contribution in [0.4, 0.5) is 5.69 Å². The standard InChI is InChI=1S/C14H19NO3/c1-10-4-5-11(9-16)7-13(10)15-14(17)8-12-3-2-6-18-12/h4-5,7,12,16H,2-3,6,8-9H2,1H3,(H,15,17). The van der Waals surface area contributed by atoms with Gasteiger partial charge in [-0.05, 0) is 37.0 Å². The van der Waals surface area contributed by atoms with Crippen LogP contribution in [0.5, 0.6) is 0 Å². The van der Waals surface area contributed by atoms with Gasteiger partial charge in [0.05, 0.1) is 19.1 Å². The van der Waals surface area contributed by atoms with Gasteiger partial charge in [-0.1, -0.05) is 12.1 Å². The van der Waals surface area contributed by atoms with E-state index in [1.807, 2.05) is 25.1 Å². The topological polar surface area (TPSA) is 58.6 Å². The number of aryl methyl sites for hydroxylation is 1. The number of carbonyl (C=O) groups is 1. The molecule has 1 aliphatic heterocycles. The first-order chi connectivity index (χ1) is 8.69. The fourth-order valence-corrected chi connectivity index (χ4v) is 2.12. The minimum absolute atomic E-state index is 0.0190. The Kier molecular flexibility index (Phi) is 4.33. The molecule has 1 amide bonds. The first-order valence-corrected chi connectivity index (χ1v) is 6.31. The molecule has 0 spiro atoms. The van der Waals surface area contributed by atoms with Crippen molar-refractivity contribution in [1.82, 2.24) is 0 Å². The number of rotatable bonds is 4. The molecule has 1 aliphatic rings. The summed E-state index contributed by atoms with van der Waals surface area (Å²) in [5, 5.41) is 12.0. The molecule has 1 unspecified atom stereocenters. The number of benzene rings is 1. The van der Waals surface area contributed by atoms with Crippen molar-refractivity contribution in [3.05, 3.63) is 29.3 Å². The summed E-state index contributed by atoms with van der Waals surface area (Å²) in [6.45, 7) is 2.68. The lowest BCUT2D eigenvalue weighted by Crippen LogP contribution is -2.19. The Hall–Kier alpha value is -1.39. The summed E-state index contributed by atoms with van der Waals surface area (Å²) in [5.74, 6) is -0.0277. The molecule has 98 valence electrons. The van der Waals surface area contributed by atoms with Crippen molar-refractivity contribution in [3.63, 3.8) is 0 Å². The van der Waals surface area contributed by atoms with Gasteiger partial charge in [-0.25, -0.2) is 0 Å². The van der Waals surface area contributed by atoms with Crippen molar-refractivity contribution < 1.29 is 14.6 Å². The summed E-state index contributed by atoms with van der Waals surface area (Å²) >= 11 is 0. The molecule has 1 heterocycles. The van der Waals surface area contributed by atoms with Crippen LogP contribution in [-0.4, -0.2) is 23.7 Å². The number of ether oxygens (including phenoxy) is 1. The highest BCUT2D eigenvalue weighted by atomic mass is 16.5. The van der Waals surface area contributed by atoms with Crippen LogP contribution >= 0.6 is 0 Å². The van der Waals surface area contributed by atoms with E-state index in [-0.39, 0.29) is 18.6 Å². The van der Waals surface area contributed by atoms with Gasteiger partial charge < -0.3 is 15.2 Å². The van der Waals surface area contributed by atoms with Gasteiger partial charge in [0, 0.05) is 12.3 Å². The fourth-order valence-electron chi connectivity index (χ4n) is 2.12. The average Bonchev–Trinajstić information content (AvgIpc) is 2.84. The molecular formula is C14H19NO3. The van der Waals surface area contributed by atoms with Gasteiger partial charge in [-0.15, -0.1) is 0 Å². The zero-order chi connectivity index (χ0) is 13.0. The van der Waals surface area contributed by atoms with Crippen LogP contribution in [0.25, 0.3) is 0 Å². The zero-order valence-electron chi connectivity index (χ0n) is 10.6. The molecule has 0 aliphatic carbocycles. The predicted molar refractivity (Wildman–Crippen MR) is 69.3 cm³/mol. The number of nitrogens with one attached hydrogen (secondary N) is 1. The highest BCUT2D eigenvalue weighted by Gasteiger charge is 2.19. The molecule has 1 aromatic carbocycles. The minimum atomic E-state index is -0.0277. The fraction of sp³-hybridized carbons (Fsp3) is 0.500. The number of anilines is 1. The maximum atomic E-state index is 11.9. The van der Waals surface area contributed by atoms with Crippen LogP contribution in [0.15, 0.2) is 18.2 Å². The molecule has 4 heteroatoms. The number of amides is 1. The van der Waals surface area contributed by atoms with E-state index in [4.69, 9.17) is 9.84 Å². The Morgan fingerprint density at radius 3 is 3.06 bits per heavy atom. The third kappa shape index (κ3) is 3.31. The van der Waals surface area contributed by atoms with Gasteiger partial charge in [0.25, 0.3) is 0 Å². The molecule has 1 saturated heterocycles. The molecule has 4 nitrogen and oxygen atoms in total. The highest BCUT2D eigenvalue weighted by Crippen LogP contribution is 2.19. The van der Waals surface area contributed by atoms with Crippen LogP contribution in [0.1, 0.15) is 30.4 Å². The third-order valence-electron chi connectivity index (χ3n) is 3.20. The quantitative estimate of drug-likeness (QED) is 0.858. The lowest BCUT2D eigenvalue weighted by Gasteiger charge is -2.12. The maximum Gasteiger partial charge on any atom is 0.226 e. The van der Waals surface area contributed by atoms with Gasteiger partial charge >= 0.3 is 0 Å².